The van der Waals surface area contributed by atoms with Crippen LogP contribution in [0.2, 0.25) is 0 Å². The molecule has 2 N–H and O–H groups in total. The summed E-state index contributed by atoms with van der Waals surface area (Å²) in [6, 6.07) is 0.497. The Morgan fingerprint density at radius 3 is 2.65 bits per heavy atom. The number of hydrogen-bond donors (Lipinski definition) is 1. The van der Waals surface area contributed by atoms with E-state index in [0.29, 0.717) is 6.04 Å². The Labute approximate surface area is 107 Å². The van der Waals surface area contributed by atoms with Crippen molar-refractivity contribution in [1.29, 1.82) is 0 Å². The number of rotatable bonds is 6. The van der Waals surface area contributed by atoms with Crippen LogP contribution in [0.3, 0.4) is 0 Å². The second-order valence-electron chi connectivity index (χ2n) is 5.62. The Morgan fingerprint density at radius 1 is 1.47 bits per heavy atom. The molecule has 3 nitrogen and oxygen atoms in total. The molecule has 3 heteroatoms. The van der Waals surface area contributed by atoms with Crippen LogP contribution in [-0.4, -0.2) is 42.8 Å². The minimum atomic E-state index is 0.179. The molecule has 0 aliphatic carbocycles. The van der Waals surface area contributed by atoms with Crippen molar-refractivity contribution < 1.29 is 4.74 Å². The van der Waals surface area contributed by atoms with Crippen LogP contribution in [0.5, 0.6) is 0 Å². The molecular weight excluding hydrogens is 212 g/mol. The van der Waals surface area contributed by atoms with Gasteiger partial charge in [-0.05, 0) is 25.7 Å². The topological polar surface area (TPSA) is 38.5 Å². The summed E-state index contributed by atoms with van der Waals surface area (Å²) >= 11 is 0. The standard InChI is InChI=1S/C14H30N2O/c1-5-12(3)9-14(6-2,11-15)16-7-8-17-10-13(16)4/h12-13H,5-11,15H2,1-4H3. The maximum Gasteiger partial charge on any atom is 0.0620 e. The molecule has 0 aromatic carbocycles. The van der Waals surface area contributed by atoms with Crippen LogP contribution in [0.4, 0.5) is 0 Å². The van der Waals surface area contributed by atoms with Crippen LogP contribution < -0.4 is 5.73 Å². The second-order valence-corrected chi connectivity index (χ2v) is 5.62. The third-order valence-electron chi connectivity index (χ3n) is 4.44. The van der Waals surface area contributed by atoms with Gasteiger partial charge in [0.25, 0.3) is 0 Å². The number of ether oxygens (including phenoxy) is 1. The molecule has 1 aliphatic heterocycles. The Morgan fingerprint density at radius 2 is 2.18 bits per heavy atom. The van der Waals surface area contributed by atoms with Crippen molar-refractivity contribution in [3.63, 3.8) is 0 Å². The zero-order valence-electron chi connectivity index (χ0n) is 12.0. The first kappa shape index (κ1) is 14.9. The van der Waals surface area contributed by atoms with Gasteiger partial charge in [0.15, 0.2) is 0 Å². The van der Waals surface area contributed by atoms with Crippen LogP contribution in [0.15, 0.2) is 0 Å². The molecule has 0 aromatic heterocycles. The maximum absolute atomic E-state index is 6.13. The summed E-state index contributed by atoms with van der Waals surface area (Å²) in [4.78, 5) is 2.60. The normalized spacial score (nSPS) is 27.7. The summed E-state index contributed by atoms with van der Waals surface area (Å²) in [5.74, 6) is 0.744. The molecule has 102 valence electrons. The van der Waals surface area contributed by atoms with E-state index in [-0.39, 0.29) is 5.54 Å². The quantitative estimate of drug-likeness (QED) is 0.776. The molecule has 1 fully saturated rings. The van der Waals surface area contributed by atoms with Gasteiger partial charge < -0.3 is 10.5 Å². The van der Waals surface area contributed by atoms with Gasteiger partial charge in [-0.3, -0.25) is 4.90 Å². The van der Waals surface area contributed by atoms with Crippen LogP contribution in [0, 0.1) is 5.92 Å². The summed E-state index contributed by atoms with van der Waals surface area (Å²) < 4.78 is 5.54. The summed E-state index contributed by atoms with van der Waals surface area (Å²) in [5.41, 5.74) is 6.31. The van der Waals surface area contributed by atoms with Crippen molar-refractivity contribution in [2.24, 2.45) is 11.7 Å². The number of hydrogen-bond acceptors (Lipinski definition) is 3. The van der Waals surface area contributed by atoms with Crippen molar-refractivity contribution in [2.45, 2.75) is 58.5 Å². The van der Waals surface area contributed by atoms with Gasteiger partial charge in [0, 0.05) is 24.7 Å². The fourth-order valence-electron chi connectivity index (χ4n) is 3.03. The van der Waals surface area contributed by atoms with E-state index < -0.39 is 0 Å². The largest absolute Gasteiger partial charge is 0.379 e. The van der Waals surface area contributed by atoms with Crippen LogP contribution >= 0.6 is 0 Å². The lowest BCUT2D eigenvalue weighted by Gasteiger charge is -2.49. The van der Waals surface area contributed by atoms with Gasteiger partial charge in [0.1, 0.15) is 0 Å². The van der Waals surface area contributed by atoms with Gasteiger partial charge >= 0.3 is 0 Å². The Bertz CT molecular complexity index is 216. The van der Waals surface area contributed by atoms with Crippen molar-refractivity contribution in [3.8, 4) is 0 Å². The maximum atomic E-state index is 6.13. The molecule has 0 saturated carbocycles. The fraction of sp³-hybridized carbons (Fsp3) is 1.00. The molecule has 1 rings (SSSR count). The summed E-state index contributed by atoms with van der Waals surface area (Å²) in [7, 11) is 0. The van der Waals surface area contributed by atoms with E-state index in [1.54, 1.807) is 0 Å². The number of morpholine rings is 1. The molecule has 3 atom stereocenters. The highest BCUT2D eigenvalue weighted by atomic mass is 16.5. The SMILES string of the molecule is CCC(C)CC(CC)(CN)N1CCOCC1C. The van der Waals surface area contributed by atoms with E-state index in [4.69, 9.17) is 10.5 Å². The van der Waals surface area contributed by atoms with Crippen molar-refractivity contribution in [3.05, 3.63) is 0 Å². The highest BCUT2D eigenvalue weighted by Gasteiger charge is 2.38. The molecule has 0 amide bonds. The third-order valence-corrected chi connectivity index (χ3v) is 4.44. The lowest BCUT2D eigenvalue weighted by Crippen LogP contribution is -2.61. The lowest BCUT2D eigenvalue weighted by molar-refractivity contribution is -0.0652. The molecule has 17 heavy (non-hydrogen) atoms. The predicted molar refractivity (Wildman–Crippen MR) is 73.1 cm³/mol. The highest BCUT2D eigenvalue weighted by molar-refractivity contribution is 4.95. The Kier molecular flexibility index (Phi) is 5.90. The monoisotopic (exact) mass is 242 g/mol. The molecule has 0 bridgehead atoms. The zero-order valence-corrected chi connectivity index (χ0v) is 12.0. The van der Waals surface area contributed by atoms with E-state index in [0.717, 1.165) is 38.6 Å². The van der Waals surface area contributed by atoms with Gasteiger partial charge in [-0.2, -0.15) is 0 Å². The zero-order chi connectivity index (χ0) is 12.9. The molecular formula is C14H30N2O. The van der Waals surface area contributed by atoms with E-state index in [9.17, 15) is 0 Å². The van der Waals surface area contributed by atoms with Gasteiger partial charge in [-0.1, -0.05) is 27.2 Å². The fourth-order valence-corrected chi connectivity index (χ4v) is 3.03. The van der Waals surface area contributed by atoms with Gasteiger partial charge in [0.05, 0.1) is 13.2 Å². The molecule has 1 heterocycles. The smallest absolute Gasteiger partial charge is 0.0620 e. The Hall–Kier alpha value is -0.120. The minimum Gasteiger partial charge on any atom is -0.379 e. The van der Waals surface area contributed by atoms with Crippen molar-refractivity contribution in [2.75, 3.05) is 26.3 Å². The van der Waals surface area contributed by atoms with Crippen LogP contribution in [0.25, 0.3) is 0 Å². The molecule has 3 unspecified atom stereocenters. The van der Waals surface area contributed by atoms with Crippen LogP contribution in [0.1, 0.15) is 47.0 Å². The molecule has 0 spiro atoms. The van der Waals surface area contributed by atoms with E-state index >= 15 is 0 Å². The van der Waals surface area contributed by atoms with Crippen molar-refractivity contribution >= 4 is 0 Å². The third kappa shape index (κ3) is 3.43. The lowest BCUT2D eigenvalue weighted by atomic mass is 9.82. The molecule has 0 aromatic rings. The van der Waals surface area contributed by atoms with Gasteiger partial charge in [-0.25, -0.2) is 0 Å². The van der Waals surface area contributed by atoms with Crippen LogP contribution in [-0.2, 0) is 4.74 Å². The first-order valence-corrected chi connectivity index (χ1v) is 7.14. The first-order valence-electron chi connectivity index (χ1n) is 7.14. The average Bonchev–Trinajstić information content (AvgIpc) is 2.36. The van der Waals surface area contributed by atoms with E-state index in [1.807, 2.05) is 0 Å². The van der Waals surface area contributed by atoms with Crippen molar-refractivity contribution in [1.82, 2.24) is 4.90 Å². The highest BCUT2D eigenvalue weighted by Crippen LogP contribution is 2.31. The summed E-state index contributed by atoms with van der Waals surface area (Å²) in [6.45, 7) is 12.6. The Balaban J connectivity index is 2.80. The summed E-state index contributed by atoms with van der Waals surface area (Å²) in [5, 5.41) is 0. The second kappa shape index (κ2) is 6.72. The summed E-state index contributed by atoms with van der Waals surface area (Å²) in [6.07, 6.45) is 3.58. The minimum absolute atomic E-state index is 0.179. The molecule has 1 saturated heterocycles. The number of nitrogens with zero attached hydrogens (tertiary/aromatic N) is 1. The van der Waals surface area contributed by atoms with E-state index in [1.165, 1.54) is 12.8 Å². The van der Waals surface area contributed by atoms with Gasteiger partial charge in [-0.15, -0.1) is 0 Å². The average molecular weight is 242 g/mol. The van der Waals surface area contributed by atoms with E-state index in [2.05, 4.69) is 32.6 Å². The number of nitrogens with two attached hydrogens (primary N) is 1. The molecule has 0 radical (unpaired) electrons. The molecule has 1 aliphatic rings. The first-order chi connectivity index (χ1) is 8.09. The van der Waals surface area contributed by atoms with Gasteiger partial charge in [0.2, 0.25) is 0 Å². The predicted octanol–water partition coefficient (Wildman–Crippen LogP) is 2.25.